The van der Waals surface area contributed by atoms with Crippen LogP contribution in [0, 0.1) is 11.5 Å². The Kier molecular flexibility index (Phi) is 4.14. The number of alkyl halides is 1. The first kappa shape index (κ1) is 12.3. The molecule has 0 N–H and O–H groups in total. The molecule has 0 aliphatic carbocycles. The van der Waals surface area contributed by atoms with Crippen molar-refractivity contribution in [1.29, 1.82) is 5.26 Å². The lowest BCUT2D eigenvalue weighted by atomic mass is 10.3. The molecule has 0 saturated carbocycles. The highest BCUT2D eigenvalue weighted by atomic mass is 32.2. The molecule has 1 aromatic heterocycles. The minimum absolute atomic E-state index is 0.0592. The first-order valence-corrected chi connectivity index (χ1v) is 6.13. The van der Waals surface area contributed by atoms with Gasteiger partial charge in [0.25, 0.3) is 0 Å². The van der Waals surface area contributed by atoms with Gasteiger partial charge in [0.1, 0.15) is 6.67 Å². The van der Waals surface area contributed by atoms with Crippen LogP contribution < -0.4 is 0 Å². The normalized spacial score (nSPS) is 13.5. The quantitative estimate of drug-likeness (QED) is 0.756. The number of halogens is 1. The lowest BCUT2D eigenvalue weighted by molar-refractivity contribution is 0.476. The summed E-state index contributed by atoms with van der Waals surface area (Å²) in [5.74, 6) is 0.0592. The molecular formula is C10H10FN3OS. The SMILES string of the molecule is C=CS(=O)(Cc1ccc(CF)nc1)=NC#N. The van der Waals surface area contributed by atoms with E-state index in [1.54, 1.807) is 6.07 Å². The molecule has 1 rings (SSSR count). The third-order valence-corrected chi connectivity index (χ3v) is 3.51. The summed E-state index contributed by atoms with van der Waals surface area (Å²) in [4.78, 5) is 3.82. The van der Waals surface area contributed by atoms with Gasteiger partial charge in [0.2, 0.25) is 6.19 Å². The van der Waals surface area contributed by atoms with Gasteiger partial charge in [-0.25, -0.2) is 8.60 Å². The van der Waals surface area contributed by atoms with E-state index in [4.69, 9.17) is 5.26 Å². The van der Waals surface area contributed by atoms with Crippen LogP contribution in [0.25, 0.3) is 0 Å². The molecule has 0 amide bonds. The molecule has 6 heteroatoms. The van der Waals surface area contributed by atoms with Gasteiger partial charge in [0.15, 0.2) is 0 Å². The Hall–Kier alpha value is -1.74. The molecule has 0 bridgehead atoms. The van der Waals surface area contributed by atoms with E-state index in [1.807, 2.05) is 0 Å². The molecule has 1 atom stereocenters. The minimum Gasteiger partial charge on any atom is -0.258 e. The van der Waals surface area contributed by atoms with Crippen LogP contribution in [0.4, 0.5) is 4.39 Å². The molecule has 16 heavy (non-hydrogen) atoms. The summed E-state index contributed by atoms with van der Waals surface area (Å²) in [6, 6.07) is 3.11. The van der Waals surface area contributed by atoms with Crippen LogP contribution in [0.3, 0.4) is 0 Å². The van der Waals surface area contributed by atoms with E-state index in [2.05, 4.69) is 15.9 Å². The molecule has 1 unspecified atom stereocenters. The van der Waals surface area contributed by atoms with Crippen LogP contribution in [-0.4, -0.2) is 9.19 Å². The summed E-state index contributed by atoms with van der Waals surface area (Å²) in [7, 11) is -2.76. The van der Waals surface area contributed by atoms with Gasteiger partial charge in [-0.05, 0) is 11.6 Å². The number of hydrogen-bond donors (Lipinski definition) is 0. The van der Waals surface area contributed by atoms with E-state index in [-0.39, 0.29) is 5.75 Å². The van der Waals surface area contributed by atoms with Gasteiger partial charge >= 0.3 is 0 Å². The van der Waals surface area contributed by atoms with E-state index in [9.17, 15) is 8.60 Å². The molecule has 0 spiro atoms. The Morgan fingerprint density at radius 3 is 2.88 bits per heavy atom. The van der Waals surface area contributed by atoms with Crippen molar-refractivity contribution >= 4 is 9.73 Å². The van der Waals surface area contributed by atoms with Crippen molar-refractivity contribution in [2.45, 2.75) is 12.4 Å². The summed E-state index contributed by atoms with van der Waals surface area (Å²) >= 11 is 0. The third-order valence-electron chi connectivity index (χ3n) is 1.85. The highest BCUT2D eigenvalue weighted by Crippen LogP contribution is 2.10. The fraction of sp³-hybridized carbons (Fsp3) is 0.200. The maximum Gasteiger partial charge on any atom is 0.214 e. The number of hydrogen-bond acceptors (Lipinski definition) is 4. The Bertz CT molecular complexity index is 524. The molecule has 0 aliphatic rings. The number of rotatable bonds is 4. The Morgan fingerprint density at radius 1 is 1.69 bits per heavy atom. The second-order valence-corrected chi connectivity index (χ2v) is 5.17. The van der Waals surface area contributed by atoms with Crippen LogP contribution in [-0.2, 0) is 22.2 Å². The van der Waals surface area contributed by atoms with Crippen LogP contribution in [0.5, 0.6) is 0 Å². The lowest BCUT2D eigenvalue weighted by Gasteiger charge is -2.02. The van der Waals surface area contributed by atoms with Gasteiger partial charge in [-0.3, -0.25) is 4.98 Å². The molecule has 0 aliphatic heterocycles. The molecule has 84 valence electrons. The topological polar surface area (TPSA) is 66.1 Å². The predicted molar refractivity (Wildman–Crippen MR) is 59.1 cm³/mol. The van der Waals surface area contributed by atoms with Crippen LogP contribution >= 0.6 is 0 Å². The standard InChI is InChI=1S/C10H10FN3OS/c1-2-16(15,14-8-12)7-9-3-4-10(5-11)13-6-9/h2-4,6H,1,5,7H2. The summed E-state index contributed by atoms with van der Waals surface area (Å²) in [5, 5.41) is 9.54. The zero-order chi connectivity index (χ0) is 12.0. The average Bonchev–Trinajstić information content (AvgIpc) is 2.30. The number of nitrogens with zero attached hydrogens (tertiary/aromatic N) is 3. The zero-order valence-corrected chi connectivity index (χ0v) is 9.28. The van der Waals surface area contributed by atoms with E-state index in [1.165, 1.54) is 18.5 Å². The first-order valence-electron chi connectivity index (χ1n) is 4.38. The smallest absolute Gasteiger partial charge is 0.214 e. The van der Waals surface area contributed by atoms with Gasteiger partial charge in [-0.2, -0.15) is 5.26 Å². The van der Waals surface area contributed by atoms with Gasteiger partial charge in [0.05, 0.1) is 21.2 Å². The maximum absolute atomic E-state index is 12.2. The van der Waals surface area contributed by atoms with Gasteiger partial charge < -0.3 is 0 Å². The molecule has 1 aromatic rings. The molecule has 1 heterocycles. The number of nitriles is 1. The van der Waals surface area contributed by atoms with Crippen molar-refractivity contribution in [1.82, 2.24) is 4.98 Å². The van der Waals surface area contributed by atoms with Crippen molar-refractivity contribution in [2.24, 2.45) is 4.36 Å². The lowest BCUT2D eigenvalue weighted by Crippen LogP contribution is -2.00. The maximum atomic E-state index is 12.2. The fourth-order valence-electron chi connectivity index (χ4n) is 1.06. The van der Waals surface area contributed by atoms with Gasteiger partial charge in [-0.15, -0.1) is 4.36 Å². The summed E-state index contributed by atoms with van der Waals surface area (Å²) < 4.78 is 27.4. The largest absolute Gasteiger partial charge is 0.258 e. The van der Waals surface area contributed by atoms with Crippen molar-refractivity contribution < 1.29 is 8.60 Å². The van der Waals surface area contributed by atoms with E-state index >= 15 is 0 Å². The van der Waals surface area contributed by atoms with Crippen molar-refractivity contribution in [2.75, 3.05) is 0 Å². The number of aromatic nitrogens is 1. The van der Waals surface area contributed by atoms with E-state index < -0.39 is 16.4 Å². The third kappa shape index (κ3) is 3.14. The van der Waals surface area contributed by atoms with Crippen molar-refractivity contribution in [3.8, 4) is 6.19 Å². The summed E-state index contributed by atoms with van der Waals surface area (Å²) in [5.41, 5.74) is 0.937. The van der Waals surface area contributed by atoms with Crippen LogP contribution in [0.2, 0.25) is 0 Å². The molecule has 4 nitrogen and oxygen atoms in total. The molecule has 0 fully saturated rings. The highest BCUT2D eigenvalue weighted by Gasteiger charge is 2.06. The molecule has 0 aromatic carbocycles. The molecule has 0 saturated heterocycles. The van der Waals surface area contributed by atoms with Crippen molar-refractivity contribution in [3.63, 3.8) is 0 Å². The highest BCUT2D eigenvalue weighted by molar-refractivity contribution is 7.95. The van der Waals surface area contributed by atoms with Crippen LogP contribution in [0.1, 0.15) is 11.3 Å². The van der Waals surface area contributed by atoms with E-state index in [0.29, 0.717) is 11.3 Å². The molecular weight excluding hydrogens is 229 g/mol. The number of pyridine rings is 1. The van der Waals surface area contributed by atoms with Crippen molar-refractivity contribution in [3.05, 3.63) is 41.6 Å². The monoisotopic (exact) mass is 239 g/mol. The zero-order valence-electron chi connectivity index (χ0n) is 8.47. The second-order valence-electron chi connectivity index (χ2n) is 2.98. The Labute approximate surface area is 93.6 Å². The Morgan fingerprint density at radius 2 is 2.44 bits per heavy atom. The van der Waals surface area contributed by atoms with E-state index in [0.717, 1.165) is 5.41 Å². The average molecular weight is 239 g/mol. The van der Waals surface area contributed by atoms with Gasteiger partial charge in [0, 0.05) is 11.6 Å². The summed E-state index contributed by atoms with van der Waals surface area (Å²) in [6.45, 7) is 2.74. The molecule has 0 radical (unpaired) electrons. The fourth-order valence-corrected chi connectivity index (χ4v) is 2.10. The first-order chi connectivity index (χ1) is 7.63. The van der Waals surface area contributed by atoms with Crippen LogP contribution in [0.15, 0.2) is 34.7 Å². The minimum atomic E-state index is -2.76. The summed E-state index contributed by atoms with van der Waals surface area (Å²) in [6.07, 6.45) is 2.92. The Balaban J connectivity index is 2.97. The van der Waals surface area contributed by atoms with Gasteiger partial charge in [-0.1, -0.05) is 12.6 Å². The second kappa shape index (κ2) is 5.37. The predicted octanol–water partition coefficient (Wildman–Crippen LogP) is 2.14.